The molecule has 3 rings (SSSR count). The van der Waals surface area contributed by atoms with Gasteiger partial charge < -0.3 is 4.98 Å². The Morgan fingerprint density at radius 3 is 2.64 bits per heavy atom. The molecule has 0 aliphatic heterocycles. The Morgan fingerprint density at radius 1 is 1.09 bits per heavy atom. The van der Waals surface area contributed by atoms with Crippen molar-refractivity contribution in [1.29, 1.82) is 0 Å². The lowest BCUT2D eigenvalue weighted by atomic mass is 10.2. The molecule has 1 heterocycles. The number of aromatic nitrogens is 2. The van der Waals surface area contributed by atoms with Crippen molar-refractivity contribution in [2.24, 2.45) is 5.10 Å². The summed E-state index contributed by atoms with van der Waals surface area (Å²) in [7, 11) is 0. The third-order valence-electron chi connectivity index (χ3n) is 3.06. The monoisotopic (exact) mass is 333 g/mol. The summed E-state index contributed by atoms with van der Waals surface area (Å²) in [6.45, 7) is 0. The van der Waals surface area contributed by atoms with Crippen LogP contribution in [-0.4, -0.2) is 15.9 Å². The van der Waals surface area contributed by atoms with E-state index in [-0.39, 0.29) is 0 Å². The number of halogens is 2. The molecule has 0 bridgehead atoms. The van der Waals surface area contributed by atoms with E-state index in [1.807, 2.05) is 0 Å². The van der Waals surface area contributed by atoms with Crippen LogP contribution in [0.15, 0.2) is 57.2 Å². The van der Waals surface area contributed by atoms with Crippen LogP contribution in [0.3, 0.4) is 0 Å². The van der Waals surface area contributed by atoms with Gasteiger partial charge in [0.05, 0.1) is 22.1 Å². The quantitative estimate of drug-likeness (QED) is 0.732. The van der Waals surface area contributed by atoms with E-state index in [0.717, 1.165) is 4.68 Å². The fraction of sp³-hybridized carbons (Fsp3) is 0. The average Bonchev–Trinajstić information content (AvgIpc) is 2.49. The zero-order chi connectivity index (χ0) is 15.7. The summed E-state index contributed by atoms with van der Waals surface area (Å²) < 4.78 is 0.757. The second-order valence-electron chi connectivity index (χ2n) is 4.50. The average molecular weight is 334 g/mol. The fourth-order valence-electron chi connectivity index (χ4n) is 1.98. The summed E-state index contributed by atoms with van der Waals surface area (Å²) in [5, 5.41) is 5.17. The normalized spacial score (nSPS) is 11.4. The largest absolute Gasteiger partial charge is 0.349 e. The fourth-order valence-corrected chi connectivity index (χ4v) is 2.44. The molecular formula is C15H9Cl2N3O2. The number of para-hydroxylation sites is 1. The molecule has 0 amide bonds. The molecule has 7 heteroatoms. The van der Waals surface area contributed by atoms with Gasteiger partial charge in [0.2, 0.25) is 0 Å². The number of H-pyrrole nitrogens is 1. The summed E-state index contributed by atoms with van der Waals surface area (Å²) >= 11 is 11.8. The number of hydrogen-bond donors (Lipinski definition) is 1. The van der Waals surface area contributed by atoms with Crippen LogP contribution in [-0.2, 0) is 0 Å². The van der Waals surface area contributed by atoms with Crippen molar-refractivity contribution < 1.29 is 0 Å². The van der Waals surface area contributed by atoms with Crippen molar-refractivity contribution >= 4 is 40.3 Å². The van der Waals surface area contributed by atoms with E-state index >= 15 is 0 Å². The van der Waals surface area contributed by atoms with Gasteiger partial charge in [-0.3, -0.25) is 4.79 Å². The van der Waals surface area contributed by atoms with E-state index in [9.17, 15) is 9.59 Å². The Balaban J connectivity index is 2.13. The van der Waals surface area contributed by atoms with Gasteiger partial charge >= 0.3 is 5.69 Å². The summed E-state index contributed by atoms with van der Waals surface area (Å²) in [6.07, 6.45) is 1.34. The van der Waals surface area contributed by atoms with E-state index in [4.69, 9.17) is 23.2 Å². The number of nitrogens with one attached hydrogen (secondary N) is 1. The minimum atomic E-state index is -0.620. The predicted molar refractivity (Wildman–Crippen MR) is 88.3 cm³/mol. The van der Waals surface area contributed by atoms with Crippen LogP contribution in [0.5, 0.6) is 0 Å². The van der Waals surface area contributed by atoms with Crippen LogP contribution in [0, 0.1) is 0 Å². The molecule has 0 fully saturated rings. The molecule has 0 atom stereocenters. The van der Waals surface area contributed by atoms with Gasteiger partial charge in [-0.2, -0.15) is 5.10 Å². The zero-order valence-electron chi connectivity index (χ0n) is 11.1. The van der Waals surface area contributed by atoms with Crippen LogP contribution >= 0.6 is 23.2 Å². The lowest BCUT2D eigenvalue weighted by Crippen LogP contribution is -2.32. The Kier molecular flexibility index (Phi) is 3.83. The Hall–Kier alpha value is -2.37. The predicted octanol–water partition coefficient (Wildman–Crippen LogP) is 2.88. The van der Waals surface area contributed by atoms with Gasteiger partial charge in [-0.15, -0.1) is 4.68 Å². The van der Waals surface area contributed by atoms with E-state index in [2.05, 4.69) is 10.1 Å². The first kappa shape index (κ1) is 14.6. The van der Waals surface area contributed by atoms with Gasteiger partial charge in [0.1, 0.15) is 0 Å². The third-order valence-corrected chi connectivity index (χ3v) is 3.62. The maximum absolute atomic E-state index is 12.3. The highest BCUT2D eigenvalue weighted by Gasteiger charge is 2.06. The maximum atomic E-state index is 12.3. The lowest BCUT2D eigenvalue weighted by molar-refractivity contribution is 0.771. The molecule has 0 saturated carbocycles. The summed E-state index contributed by atoms with van der Waals surface area (Å²) in [5.74, 6) is 0. The molecule has 110 valence electrons. The minimum absolute atomic E-state index is 0.376. The highest BCUT2D eigenvalue weighted by Crippen LogP contribution is 2.19. The van der Waals surface area contributed by atoms with Gasteiger partial charge in [0, 0.05) is 10.6 Å². The Morgan fingerprint density at radius 2 is 1.86 bits per heavy atom. The van der Waals surface area contributed by atoms with Crippen molar-refractivity contribution in [3.63, 3.8) is 0 Å². The first-order valence-corrected chi connectivity index (χ1v) is 7.05. The van der Waals surface area contributed by atoms with Gasteiger partial charge in [0.25, 0.3) is 5.56 Å². The lowest BCUT2D eigenvalue weighted by Gasteiger charge is -2.01. The molecule has 22 heavy (non-hydrogen) atoms. The summed E-state index contributed by atoms with van der Waals surface area (Å²) in [6, 6.07) is 11.6. The molecule has 0 spiro atoms. The van der Waals surface area contributed by atoms with Crippen molar-refractivity contribution in [3.05, 3.63) is 78.9 Å². The first-order valence-electron chi connectivity index (χ1n) is 6.30. The molecule has 3 aromatic rings. The van der Waals surface area contributed by atoms with Gasteiger partial charge in [-0.05, 0) is 24.3 Å². The molecule has 2 aromatic carbocycles. The maximum Gasteiger partial charge on any atom is 0.349 e. The van der Waals surface area contributed by atoms with Gasteiger partial charge in [-0.25, -0.2) is 4.79 Å². The Labute approximate surface area is 134 Å². The number of hydrogen-bond acceptors (Lipinski definition) is 3. The number of aromatic amines is 1. The molecule has 1 aromatic heterocycles. The molecule has 0 saturated heterocycles. The minimum Gasteiger partial charge on any atom is -0.305 e. The third kappa shape index (κ3) is 2.68. The number of benzene rings is 2. The first-order chi connectivity index (χ1) is 10.6. The SMILES string of the molecule is O=c1[nH]c2ccccc2c(=O)n1N=Cc1ccc(Cl)cc1Cl. The second kappa shape index (κ2) is 5.79. The smallest absolute Gasteiger partial charge is 0.305 e. The molecular weight excluding hydrogens is 325 g/mol. The van der Waals surface area contributed by atoms with E-state index in [1.54, 1.807) is 42.5 Å². The van der Waals surface area contributed by atoms with Crippen molar-refractivity contribution in [2.75, 3.05) is 0 Å². The molecule has 0 aliphatic rings. The highest BCUT2D eigenvalue weighted by molar-refractivity contribution is 6.36. The van der Waals surface area contributed by atoms with Gasteiger partial charge in [-0.1, -0.05) is 41.4 Å². The summed E-state index contributed by atoms with van der Waals surface area (Å²) in [4.78, 5) is 26.8. The molecule has 0 radical (unpaired) electrons. The van der Waals surface area contributed by atoms with Crippen LogP contribution in [0.25, 0.3) is 10.9 Å². The van der Waals surface area contributed by atoms with Crippen LogP contribution in [0.1, 0.15) is 5.56 Å². The standard InChI is InChI=1S/C15H9Cl2N3O2/c16-10-6-5-9(12(17)7-10)8-18-20-14(21)11-3-1-2-4-13(11)19-15(20)22/h1-8H,(H,19,22). The molecule has 0 unspecified atom stereocenters. The molecule has 1 N–H and O–H groups in total. The summed E-state index contributed by atoms with van der Waals surface area (Å²) in [5.41, 5.74) is -0.107. The van der Waals surface area contributed by atoms with Crippen LogP contribution in [0.2, 0.25) is 10.0 Å². The van der Waals surface area contributed by atoms with Crippen molar-refractivity contribution in [2.45, 2.75) is 0 Å². The topological polar surface area (TPSA) is 67.2 Å². The number of fused-ring (bicyclic) bond motifs is 1. The van der Waals surface area contributed by atoms with Crippen molar-refractivity contribution in [1.82, 2.24) is 9.66 Å². The molecule has 0 aliphatic carbocycles. The zero-order valence-corrected chi connectivity index (χ0v) is 12.6. The van der Waals surface area contributed by atoms with E-state index in [1.165, 1.54) is 6.21 Å². The van der Waals surface area contributed by atoms with E-state index in [0.29, 0.717) is 26.5 Å². The van der Waals surface area contributed by atoms with Crippen LogP contribution < -0.4 is 11.2 Å². The number of rotatable bonds is 2. The molecule has 5 nitrogen and oxygen atoms in total. The van der Waals surface area contributed by atoms with Crippen LogP contribution in [0.4, 0.5) is 0 Å². The number of nitrogens with zero attached hydrogens (tertiary/aromatic N) is 2. The van der Waals surface area contributed by atoms with Crippen molar-refractivity contribution in [3.8, 4) is 0 Å². The second-order valence-corrected chi connectivity index (χ2v) is 5.35. The van der Waals surface area contributed by atoms with Gasteiger partial charge in [0.15, 0.2) is 0 Å². The van der Waals surface area contributed by atoms with E-state index < -0.39 is 11.2 Å². The Bertz CT molecular complexity index is 1010. The highest BCUT2D eigenvalue weighted by atomic mass is 35.5.